The molecule has 0 unspecified atom stereocenters. The van der Waals surface area contributed by atoms with Gasteiger partial charge in [0.05, 0.1) is 11.0 Å². The first-order valence-corrected chi connectivity index (χ1v) is 17.6. The van der Waals surface area contributed by atoms with Gasteiger partial charge in [0.2, 0.25) is 5.95 Å². The average Bonchev–Trinajstić information content (AvgIpc) is 3.55. The number of aromatic nitrogens is 4. The van der Waals surface area contributed by atoms with Gasteiger partial charge in [-0.05, 0) is 64.1 Å². The number of nitrogens with zero attached hydrogens (tertiary/aromatic N) is 4. The Bertz CT molecular complexity index is 2810. The van der Waals surface area contributed by atoms with Crippen molar-refractivity contribution in [3.05, 3.63) is 164 Å². The van der Waals surface area contributed by atoms with E-state index in [2.05, 4.69) is 118 Å². The Labute approximate surface area is 300 Å². The monoisotopic (exact) mass is 664 g/mol. The zero-order chi connectivity index (χ0) is 34.2. The van der Waals surface area contributed by atoms with Gasteiger partial charge in [0, 0.05) is 44.4 Å². The Morgan fingerprint density at radius 2 is 0.981 bits per heavy atom. The van der Waals surface area contributed by atoms with Crippen LogP contribution in [0.25, 0.3) is 83.9 Å². The first-order chi connectivity index (χ1) is 25.8. The summed E-state index contributed by atoms with van der Waals surface area (Å²) in [4.78, 5) is 15.1. The SMILES string of the molecule is c1ccc(-c2nc(-c3ccccc3)nc(-n3c4ccccc4c4cc(-c5ccc6c(c5)-c5cccc7c5B(Nc5ccccc5-7)N6)ccc43)n2)cc1. The lowest BCUT2D eigenvalue weighted by Gasteiger charge is -2.34. The van der Waals surface area contributed by atoms with Crippen molar-refractivity contribution < 1.29 is 0 Å². The summed E-state index contributed by atoms with van der Waals surface area (Å²) in [5, 5.41) is 9.81. The lowest BCUT2D eigenvalue weighted by Crippen LogP contribution is -2.52. The van der Waals surface area contributed by atoms with Crippen LogP contribution < -0.4 is 15.9 Å². The first-order valence-electron chi connectivity index (χ1n) is 17.6. The summed E-state index contributed by atoms with van der Waals surface area (Å²) < 4.78 is 2.17. The highest BCUT2D eigenvalue weighted by Crippen LogP contribution is 2.42. The van der Waals surface area contributed by atoms with Crippen LogP contribution in [0.5, 0.6) is 0 Å². The van der Waals surface area contributed by atoms with Gasteiger partial charge in [-0.2, -0.15) is 9.97 Å². The van der Waals surface area contributed by atoms with Gasteiger partial charge in [-0.3, -0.25) is 4.57 Å². The van der Waals surface area contributed by atoms with Crippen LogP contribution >= 0.6 is 0 Å². The maximum Gasteiger partial charge on any atom is 0.407 e. The van der Waals surface area contributed by atoms with E-state index in [9.17, 15) is 0 Å². The molecule has 4 heterocycles. The van der Waals surface area contributed by atoms with E-state index in [-0.39, 0.29) is 6.98 Å². The second-order valence-electron chi connectivity index (χ2n) is 13.4. The number of nitrogens with one attached hydrogen (secondary N) is 2. The van der Waals surface area contributed by atoms with E-state index in [1.54, 1.807) is 0 Å². The summed E-state index contributed by atoms with van der Waals surface area (Å²) in [5.41, 5.74) is 14.9. The van der Waals surface area contributed by atoms with Crippen LogP contribution in [0, 0.1) is 0 Å². The minimum Gasteiger partial charge on any atom is -0.405 e. The molecular weight excluding hydrogens is 635 g/mol. The van der Waals surface area contributed by atoms with Crippen LogP contribution in [0.15, 0.2) is 164 Å². The second kappa shape index (κ2) is 11.3. The predicted octanol–water partition coefficient (Wildman–Crippen LogP) is 9.85. The lowest BCUT2D eigenvalue weighted by atomic mass is 9.57. The fourth-order valence-corrected chi connectivity index (χ4v) is 8.02. The molecule has 0 saturated carbocycles. The van der Waals surface area contributed by atoms with Gasteiger partial charge >= 0.3 is 6.98 Å². The molecule has 11 rings (SSSR count). The van der Waals surface area contributed by atoms with E-state index >= 15 is 0 Å². The topological polar surface area (TPSA) is 67.7 Å². The smallest absolute Gasteiger partial charge is 0.405 e. The number of rotatable bonds is 4. The van der Waals surface area contributed by atoms with Gasteiger partial charge in [-0.15, -0.1) is 0 Å². The van der Waals surface area contributed by atoms with Crippen molar-refractivity contribution in [2.75, 3.05) is 10.5 Å². The average molecular weight is 665 g/mol. The van der Waals surface area contributed by atoms with Gasteiger partial charge in [-0.25, -0.2) is 4.98 Å². The molecule has 9 aromatic rings. The quantitative estimate of drug-likeness (QED) is 0.183. The fraction of sp³-hybridized carbons (Fsp3) is 0. The van der Waals surface area contributed by atoms with Crippen LogP contribution in [0.1, 0.15) is 0 Å². The minimum absolute atomic E-state index is 0.0159. The molecule has 2 aromatic heterocycles. The van der Waals surface area contributed by atoms with Gasteiger partial charge in [-0.1, -0.05) is 127 Å². The van der Waals surface area contributed by atoms with Crippen molar-refractivity contribution in [1.29, 1.82) is 0 Å². The van der Waals surface area contributed by atoms with E-state index < -0.39 is 0 Å². The molecule has 52 heavy (non-hydrogen) atoms. The van der Waals surface area contributed by atoms with Crippen molar-refractivity contribution >= 4 is 45.6 Å². The van der Waals surface area contributed by atoms with Gasteiger partial charge < -0.3 is 10.5 Å². The minimum atomic E-state index is 0.0159. The highest BCUT2D eigenvalue weighted by atomic mass is 15.2. The summed E-state index contributed by atoms with van der Waals surface area (Å²) in [5.74, 6) is 1.86. The molecule has 0 atom stereocenters. The number of para-hydroxylation sites is 2. The van der Waals surface area contributed by atoms with Gasteiger partial charge in [0.15, 0.2) is 11.6 Å². The van der Waals surface area contributed by atoms with Gasteiger partial charge in [0.25, 0.3) is 0 Å². The number of hydrogen-bond donors (Lipinski definition) is 2. The zero-order valence-corrected chi connectivity index (χ0v) is 28.0. The van der Waals surface area contributed by atoms with Gasteiger partial charge in [0.1, 0.15) is 0 Å². The Kier molecular flexibility index (Phi) is 6.24. The Morgan fingerprint density at radius 3 is 1.75 bits per heavy atom. The predicted molar refractivity (Wildman–Crippen MR) is 214 cm³/mol. The molecule has 0 spiro atoms. The Hall–Kier alpha value is -6.99. The van der Waals surface area contributed by atoms with Crippen LogP contribution in [0.2, 0.25) is 0 Å². The zero-order valence-electron chi connectivity index (χ0n) is 28.0. The Morgan fingerprint density at radius 1 is 0.404 bits per heavy atom. The van der Waals surface area contributed by atoms with E-state index in [0.717, 1.165) is 55.4 Å². The molecule has 2 aliphatic heterocycles. The maximum absolute atomic E-state index is 5.09. The highest BCUT2D eigenvalue weighted by Gasteiger charge is 2.35. The standard InChI is InChI=1S/C45H29BN6/c1-3-12-28(13-4-1)43-47-44(29-14-5-2-6-15-29)49-45(48-43)52-40-21-10-8-17-33(40)37-27-31(23-25-41(37)52)30-22-24-39-36(26-30)35-19-11-18-34-32-16-7-9-20-38(32)50-46(51-39)42(34)35/h1-27,50-51H. The largest absolute Gasteiger partial charge is 0.407 e. The summed E-state index contributed by atoms with van der Waals surface area (Å²) in [6.07, 6.45) is 0. The molecular formula is C45H29BN6. The molecule has 6 nitrogen and oxygen atoms in total. The molecule has 7 aromatic carbocycles. The number of fused-ring (bicyclic) bond motifs is 7. The summed E-state index contributed by atoms with van der Waals surface area (Å²) in [6.45, 7) is 0.0159. The van der Waals surface area contributed by atoms with E-state index in [0.29, 0.717) is 17.6 Å². The molecule has 0 fully saturated rings. The molecule has 7 heteroatoms. The summed E-state index contributed by atoms with van der Waals surface area (Å²) in [6, 6.07) is 57.5. The normalized spacial score (nSPS) is 12.5. The van der Waals surface area contributed by atoms with E-state index in [4.69, 9.17) is 15.0 Å². The van der Waals surface area contributed by atoms with Crippen molar-refractivity contribution in [2.24, 2.45) is 0 Å². The Balaban J connectivity index is 1.07. The van der Waals surface area contributed by atoms with E-state index in [1.807, 2.05) is 60.7 Å². The summed E-state index contributed by atoms with van der Waals surface area (Å²) in [7, 11) is 0. The molecule has 0 aliphatic carbocycles. The highest BCUT2D eigenvalue weighted by molar-refractivity contribution is 6.83. The fourth-order valence-electron chi connectivity index (χ4n) is 8.02. The van der Waals surface area contributed by atoms with E-state index in [1.165, 1.54) is 27.7 Å². The van der Waals surface area contributed by atoms with Crippen LogP contribution in [-0.4, -0.2) is 26.5 Å². The third-order valence-corrected chi connectivity index (χ3v) is 10.4. The molecule has 2 aliphatic rings. The van der Waals surface area contributed by atoms with Crippen molar-refractivity contribution in [2.45, 2.75) is 0 Å². The molecule has 242 valence electrons. The summed E-state index contributed by atoms with van der Waals surface area (Å²) >= 11 is 0. The van der Waals surface area contributed by atoms with Crippen LogP contribution in [0.4, 0.5) is 11.4 Å². The van der Waals surface area contributed by atoms with Crippen LogP contribution in [0.3, 0.4) is 0 Å². The molecule has 0 bridgehead atoms. The molecule has 0 saturated heterocycles. The third-order valence-electron chi connectivity index (χ3n) is 10.4. The second-order valence-corrected chi connectivity index (χ2v) is 13.4. The van der Waals surface area contributed by atoms with Crippen LogP contribution in [-0.2, 0) is 0 Å². The lowest BCUT2D eigenvalue weighted by molar-refractivity contribution is 0.953. The number of anilines is 2. The van der Waals surface area contributed by atoms with Crippen molar-refractivity contribution in [3.63, 3.8) is 0 Å². The van der Waals surface area contributed by atoms with Crippen molar-refractivity contribution in [1.82, 2.24) is 19.5 Å². The number of benzene rings is 7. The van der Waals surface area contributed by atoms with Crippen molar-refractivity contribution in [3.8, 4) is 62.1 Å². The molecule has 0 radical (unpaired) electrons. The molecule has 2 N–H and O–H groups in total. The molecule has 0 amide bonds. The third kappa shape index (κ3) is 4.42. The number of hydrogen-bond acceptors (Lipinski definition) is 5. The first kappa shape index (κ1) is 28.8. The maximum atomic E-state index is 5.09.